The smallest absolute Gasteiger partial charge is 0.308 e. The van der Waals surface area contributed by atoms with Gasteiger partial charge in [-0.25, -0.2) is 0 Å². The number of carbonyl (C=O) groups excluding carboxylic acids is 1. The normalized spacial score (nSPS) is 16.9. The van der Waals surface area contributed by atoms with Crippen LogP contribution < -0.4 is 4.90 Å². The molecule has 5 heteroatoms. The van der Waals surface area contributed by atoms with Crippen molar-refractivity contribution < 1.29 is 18.0 Å². The average molecular weight is 381 g/mol. The van der Waals surface area contributed by atoms with Crippen molar-refractivity contribution in [2.45, 2.75) is 18.5 Å². The molecule has 1 heterocycles. The van der Waals surface area contributed by atoms with Gasteiger partial charge in [0.1, 0.15) is 0 Å². The van der Waals surface area contributed by atoms with E-state index in [1.165, 1.54) is 12.1 Å². The van der Waals surface area contributed by atoms with Gasteiger partial charge in [-0.05, 0) is 34.0 Å². The van der Waals surface area contributed by atoms with Crippen LogP contribution in [0.3, 0.4) is 0 Å². The van der Waals surface area contributed by atoms with E-state index in [4.69, 9.17) is 0 Å². The summed E-state index contributed by atoms with van der Waals surface area (Å²) in [6.45, 7) is 4.02. The van der Waals surface area contributed by atoms with E-state index in [-0.39, 0.29) is 17.9 Å². The van der Waals surface area contributed by atoms with E-state index in [1.54, 1.807) is 17.0 Å². The molecule has 28 heavy (non-hydrogen) atoms. The van der Waals surface area contributed by atoms with Crippen LogP contribution in [-0.4, -0.2) is 12.5 Å². The number of alkyl halides is 3. The van der Waals surface area contributed by atoms with Crippen molar-refractivity contribution in [3.8, 4) is 0 Å². The van der Waals surface area contributed by atoms with E-state index < -0.39 is 17.7 Å². The minimum absolute atomic E-state index is 0.0120. The molecule has 3 aromatic carbocycles. The summed E-state index contributed by atoms with van der Waals surface area (Å²) < 4.78 is 41.0. The van der Waals surface area contributed by atoms with Gasteiger partial charge in [0.05, 0.1) is 5.56 Å². The predicted molar refractivity (Wildman–Crippen MR) is 104 cm³/mol. The summed E-state index contributed by atoms with van der Waals surface area (Å²) in [4.78, 5) is 14.4. The van der Waals surface area contributed by atoms with E-state index in [1.807, 2.05) is 36.4 Å². The van der Waals surface area contributed by atoms with Crippen LogP contribution in [0.2, 0.25) is 0 Å². The lowest BCUT2D eigenvalue weighted by molar-refractivity contribution is -0.138. The summed E-state index contributed by atoms with van der Waals surface area (Å²) in [5.41, 5.74) is 0.858. The number of nitrogens with zero attached hydrogens (tertiary/aromatic N) is 1. The zero-order chi connectivity index (χ0) is 19.9. The van der Waals surface area contributed by atoms with E-state index >= 15 is 0 Å². The number of rotatable bonds is 3. The Balaban J connectivity index is 2.02. The number of halogens is 3. The van der Waals surface area contributed by atoms with Crippen molar-refractivity contribution in [3.63, 3.8) is 0 Å². The Kier molecular flexibility index (Phi) is 4.46. The highest BCUT2D eigenvalue weighted by Gasteiger charge is 2.39. The van der Waals surface area contributed by atoms with Gasteiger partial charge in [-0.3, -0.25) is 4.79 Å². The summed E-state index contributed by atoms with van der Waals surface area (Å²) in [5, 5.41) is 1.80. The second kappa shape index (κ2) is 6.82. The maximum Gasteiger partial charge on any atom is 0.416 e. The van der Waals surface area contributed by atoms with Crippen LogP contribution in [0.25, 0.3) is 10.8 Å². The van der Waals surface area contributed by atoms with Gasteiger partial charge in [0.2, 0.25) is 5.91 Å². The molecule has 2 nitrogen and oxygen atoms in total. The molecular weight excluding hydrogens is 363 g/mol. The first-order chi connectivity index (χ1) is 13.4. The number of benzene rings is 3. The van der Waals surface area contributed by atoms with E-state index in [9.17, 15) is 18.0 Å². The molecule has 0 saturated carbocycles. The predicted octanol–water partition coefficient (Wildman–Crippen LogP) is 5.91. The molecule has 4 rings (SSSR count). The van der Waals surface area contributed by atoms with E-state index in [0.29, 0.717) is 12.2 Å². The molecule has 1 aliphatic rings. The Bertz CT molecular complexity index is 1070. The monoisotopic (exact) mass is 381 g/mol. The first-order valence-electron chi connectivity index (χ1n) is 9.01. The zero-order valence-electron chi connectivity index (χ0n) is 15.0. The number of amides is 1. The zero-order valence-corrected chi connectivity index (χ0v) is 15.0. The van der Waals surface area contributed by atoms with Gasteiger partial charge in [-0.2, -0.15) is 13.2 Å². The van der Waals surface area contributed by atoms with Crippen LogP contribution in [0.5, 0.6) is 0 Å². The fourth-order valence-corrected chi connectivity index (χ4v) is 4.06. The highest BCUT2D eigenvalue weighted by molar-refractivity contribution is 6.03. The lowest BCUT2D eigenvalue weighted by Gasteiger charge is -2.35. The van der Waals surface area contributed by atoms with Gasteiger partial charge in [-0.15, -0.1) is 6.58 Å². The van der Waals surface area contributed by atoms with Crippen LogP contribution >= 0.6 is 0 Å². The third-order valence-electron chi connectivity index (χ3n) is 5.22. The fourth-order valence-electron chi connectivity index (χ4n) is 4.06. The maximum atomic E-state index is 13.7. The molecule has 3 aromatic rings. The molecule has 1 atom stereocenters. The molecule has 0 saturated heterocycles. The fraction of sp³-hybridized carbons (Fsp3) is 0.174. The van der Waals surface area contributed by atoms with Crippen molar-refractivity contribution in [2.24, 2.45) is 0 Å². The molecule has 0 bridgehead atoms. The quantitative estimate of drug-likeness (QED) is 0.516. The molecule has 0 fully saturated rings. The number of hydrogen-bond acceptors (Lipinski definition) is 1. The average Bonchev–Trinajstić information content (AvgIpc) is 2.69. The molecule has 1 unspecified atom stereocenters. The van der Waals surface area contributed by atoms with Gasteiger partial charge in [-0.1, -0.05) is 54.6 Å². The first-order valence-corrected chi connectivity index (χ1v) is 9.01. The number of carbonyl (C=O) groups is 1. The number of fused-ring (bicyclic) bond motifs is 3. The van der Waals surface area contributed by atoms with E-state index in [0.717, 1.165) is 22.4 Å². The number of hydrogen-bond donors (Lipinski definition) is 0. The lowest BCUT2D eigenvalue weighted by Crippen LogP contribution is -2.37. The van der Waals surface area contributed by atoms with Gasteiger partial charge in [0.15, 0.2) is 0 Å². The Morgan fingerprint density at radius 3 is 2.50 bits per heavy atom. The van der Waals surface area contributed by atoms with Crippen molar-refractivity contribution in [3.05, 3.63) is 90.0 Å². The second-order valence-corrected chi connectivity index (χ2v) is 6.85. The maximum absolute atomic E-state index is 13.7. The largest absolute Gasteiger partial charge is 0.416 e. The molecular formula is C23H18F3NO. The molecule has 0 aliphatic carbocycles. The Hall–Kier alpha value is -3.08. The molecule has 1 amide bonds. The highest BCUT2D eigenvalue weighted by Crippen LogP contribution is 2.47. The second-order valence-electron chi connectivity index (χ2n) is 6.85. The van der Waals surface area contributed by atoms with Gasteiger partial charge < -0.3 is 4.90 Å². The Morgan fingerprint density at radius 2 is 1.75 bits per heavy atom. The summed E-state index contributed by atoms with van der Waals surface area (Å²) in [5.74, 6) is -0.864. The van der Waals surface area contributed by atoms with Crippen molar-refractivity contribution in [1.82, 2.24) is 0 Å². The highest BCUT2D eigenvalue weighted by atomic mass is 19.4. The van der Waals surface area contributed by atoms with Crippen molar-refractivity contribution >= 4 is 22.4 Å². The first kappa shape index (κ1) is 18.3. The lowest BCUT2D eigenvalue weighted by atomic mass is 9.79. The topological polar surface area (TPSA) is 20.3 Å². The SMILES string of the molecule is C=CCN1C(=O)CC(c2ccccc2C(F)(F)F)c2c1ccc1ccccc21. The molecule has 0 N–H and O–H groups in total. The Morgan fingerprint density at radius 1 is 1.04 bits per heavy atom. The molecule has 142 valence electrons. The van der Waals surface area contributed by atoms with E-state index in [2.05, 4.69) is 6.58 Å². The summed E-state index contributed by atoms with van der Waals surface area (Å²) in [6, 6.07) is 16.8. The third kappa shape index (κ3) is 2.97. The molecule has 0 aromatic heterocycles. The third-order valence-corrected chi connectivity index (χ3v) is 5.22. The van der Waals surface area contributed by atoms with Crippen LogP contribution in [0.1, 0.15) is 29.0 Å². The van der Waals surface area contributed by atoms with Crippen LogP contribution in [0.15, 0.2) is 73.3 Å². The van der Waals surface area contributed by atoms with Crippen molar-refractivity contribution in [1.29, 1.82) is 0 Å². The van der Waals surface area contributed by atoms with Crippen LogP contribution in [0, 0.1) is 0 Å². The molecule has 0 radical (unpaired) electrons. The van der Waals surface area contributed by atoms with Gasteiger partial charge in [0.25, 0.3) is 0 Å². The molecule has 1 aliphatic heterocycles. The molecule has 0 spiro atoms. The van der Waals surface area contributed by atoms with Gasteiger partial charge >= 0.3 is 6.18 Å². The van der Waals surface area contributed by atoms with Crippen LogP contribution in [-0.2, 0) is 11.0 Å². The van der Waals surface area contributed by atoms with Crippen molar-refractivity contribution in [2.75, 3.05) is 11.4 Å². The minimum atomic E-state index is -4.48. The minimum Gasteiger partial charge on any atom is -0.308 e. The van der Waals surface area contributed by atoms with Gasteiger partial charge in [0, 0.05) is 24.6 Å². The summed E-state index contributed by atoms with van der Waals surface area (Å²) >= 11 is 0. The standard InChI is InChI=1S/C23H18F3NO/c1-2-13-27-20-12-11-15-7-3-4-8-16(15)22(20)18(14-21(27)28)17-9-5-6-10-19(17)23(24,25)26/h2-12,18H,1,13-14H2. The summed E-state index contributed by atoms with van der Waals surface area (Å²) in [6.07, 6.45) is -2.87. The van der Waals surface area contributed by atoms with Crippen LogP contribution in [0.4, 0.5) is 18.9 Å². The Labute approximate surface area is 160 Å². The summed E-state index contributed by atoms with van der Waals surface area (Å²) in [7, 11) is 0. The number of anilines is 1.